The number of benzene rings is 1. The van der Waals surface area contributed by atoms with Crippen molar-refractivity contribution in [3.63, 3.8) is 0 Å². The number of rotatable bonds is 8. The molecule has 0 radical (unpaired) electrons. The van der Waals surface area contributed by atoms with Gasteiger partial charge in [-0.2, -0.15) is 5.26 Å². The topological polar surface area (TPSA) is 94.8 Å². The van der Waals surface area contributed by atoms with Gasteiger partial charge in [0, 0.05) is 29.5 Å². The molecule has 33 heavy (non-hydrogen) atoms. The lowest BCUT2D eigenvalue weighted by molar-refractivity contribution is -0.127. The fourth-order valence-corrected chi connectivity index (χ4v) is 4.11. The predicted molar refractivity (Wildman–Crippen MR) is 131 cm³/mol. The van der Waals surface area contributed by atoms with Crippen molar-refractivity contribution in [1.82, 2.24) is 19.4 Å². The number of H-pyrrole nitrogens is 1. The maximum Gasteiger partial charge on any atom is 0.264 e. The summed E-state index contributed by atoms with van der Waals surface area (Å²) in [6.45, 7) is 9.46. The van der Waals surface area contributed by atoms with E-state index in [9.17, 15) is 14.9 Å². The third kappa shape index (κ3) is 5.35. The van der Waals surface area contributed by atoms with Crippen LogP contribution < -0.4 is 5.56 Å². The molecule has 0 aliphatic carbocycles. The molecule has 1 amide bonds. The molecule has 2 aromatic heterocycles. The Hall–Kier alpha value is -3.37. The lowest BCUT2D eigenvalue weighted by Crippen LogP contribution is -2.33. The number of hydrogen-bond donors (Lipinski definition) is 1. The van der Waals surface area contributed by atoms with Gasteiger partial charge in [0.05, 0.1) is 17.4 Å². The lowest BCUT2D eigenvalue weighted by atomic mass is 10.1. The van der Waals surface area contributed by atoms with Gasteiger partial charge in [0.25, 0.3) is 11.5 Å². The second-order valence-corrected chi connectivity index (χ2v) is 8.49. The van der Waals surface area contributed by atoms with Gasteiger partial charge in [-0.05, 0) is 62.6 Å². The molecule has 0 saturated heterocycles. The fraction of sp³-hybridized carbons (Fsp3) is 0.360. The Labute approximate surface area is 198 Å². The number of aryl methyl sites for hydroxylation is 1. The zero-order chi connectivity index (χ0) is 24.1. The first-order valence-corrected chi connectivity index (χ1v) is 11.4. The van der Waals surface area contributed by atoms with Gasteiger partial charge >= 0.3 is 0 Å². The minimum atomic E-state index is -0.395. The standard InChI is InChI=1S/C25H28ClN5O2/c1-5-9-30(15-23-28-22-13-20(26)7-8-21(22)24(32)29-23)25(33)19(14-27)12-18-11-16(3)31(10-6-2)17(18)4/h7-8,11-13H,5-6,9-10,15H2,1-4H3,(H,28,29,32)/b19-12+. The smallest absolute Gasteiger partial charge is 0.264 e. The highest BCUT2D eigenvalue weighted by Gasteiger charge is 2.20. The number of nitrogens with one attached hydrogen (secondary N) is 1. The molecule has 0 spiro atoms. The van der Waals surface area contributed by atoms with Gasteiger partial charge in [-0.1, -0.05) is 25.4 Å². The van der Waals surface area contributed by atoms with E-state index in [1.54, 1.807) is 24.3 Å². The summed E-state index contributed by atoms with van der Waals surface area (Å²) >= 11 is 6.05. The maximum atomic E-state index is 13.3. The van der Waals surface area contributed by atoms with Crippen molar-refractivity contribution in [3.8, 4) is 6.07 Å². The molecule has 0 fully saturated rings. The van der Waals surface area contributed by atoms with E-state index >= 15 is 0 Å². The number of nitriles is 1. The van der Waals surface area contributed by atoms with Crippen LogP contribution in [0.4, 0.5) is 0 Å². The highest BCUT2D eigenvalue weighted by molar-refractivity contribution is 6.31. The Morgan fingerprint density at radius 2 is 2.03 bits per heavy atom. The van der Waals surface area contributed by atoms with Crippen molar-refractivity contribution < 1.29 is 4.79 Å². The van der Waals surface area contributed by atoms with Gasteiger partial charge in [0.2, 0.25) is 0 Å². The molecule has 0 atom stereocenters. The minimum Gasteiger partial charge on any atom is -0.349 e. The van der Waals surface area contributed by atoms with Crippen molar-refractivity contribution in [2.75, 3.05) is 6.54 Å². The van der Waals surface area contributed by atoms with E-state index in [-0.39, 0.29) is 17.7 Å². The van der Waals surface area contributed by atoms with Gasteiger partial charge < -0.3 is 14.5 Å². The van der Waals surface area contributed by atoms with Crippen LogP contribution >= 0.6 is 11.6 Å². The summed E-state index contributed by atoms with van der Waals surface area (Å²) < 4.78 is 2.18. The average molecular weight is 466 g/mol. The monoisotopic (exact) mass is 465 g/mol. The second kappa shape index (κ2) is 10.5. The third-order valence-electron chi connectivity index (χ3n) is 5.55. The summed E-state index contributed by atoms with van der Waals surface area (Å²) in [5.41, 5.74) is 3.18. The molecule has 172 valence electrons. The number of fused-ring (bicyclic) bond motifs is 1. The molecular formula is C25H28ClN5O2. The van der Waals surface area contributed by atoms with Crippen LogP contribution in [0.15, 0.2) is 34.6 Å². The van der Waals surface area contributed by atoms with Crippen LogP contribution in [-0.4, -0.2) is 31.9 Å². The molecule has 0 saturated carbocycles. The van der Waals surface area contributed by atoms with Crippen molar-refractivity contribution in [2.24, 2.45) is 0 Å². The quantitative estimate of drug-likeness (QED) is 0.383. The van der Waals surface area contributed by atoms with Crippen LogP contribution in [0.25, 0.3) is 17.0 Å². The molecule has 7 nitrogen and oxygen atoms in total. The largest absolute Gasteiger partial charge is 0.349 e. The average Bonchev–Trinajstić information content (AvgIpc) is 3.04. The molecule has 0 aliphatic heterocycles. The first-order chi connectivity index (χ1) is 15.8. The molecule has 0 unspecified atom stereocenters. The van der Waals surface area contributed by atoms with Gasteiger partial charge in [-0.15, -0.1) is 0 Å². The molecule has 2 heterocycles. The minimum absolute atomic E-state index is 0.0476. The van der Waals surface area contributed by atoms with Gasteiger partial charge in [0.15, 0.2) is 0 Å². The van der Waals surface area contributed by atoms with Crippen molar-refractivity contribution in [2.45, 2.75) is 53.6 Å². The predicted octanol–water partition coefficient (Wildman–Crippen LogP) is 4.75. The highest BCUT2D eigenvalue weighted by atomic mass is 35.5. The van der Waals surface area contributed by atoms with E-state index in [1.807, 2.05) is 26.8 Å². The third-order valence-corrected chi connectivity index (χ3v) is 5.78. The number of carbonyl (C=O) groups excluding carboxylic acids is 1. The summed E-state index contributed by atoms with van der Waals surface area (Å²) in [5.74, 6) is -0.0523. The van der Waals surface area contributed by atoms with E-state index in [4.69, 9.17) is 11.6 Å². The number of amides is 1. The number of halogens is 1. The van der Waals surface area contributed by atoms with E-state index in [0.717, 1.165) is 29.9 Å². The Morgan fingerprint density at radius 1 is 1.27 bits per heavy atom. The molecular weight excluding hydrogens is 438 g/mol. The molecule has 8 heteroatoms. The Balaban J connectivity index is 1.94. The molecule has 3 rings (SSSR count). The van der Waals surface area contributed by atoms with Crippen molar-refractivity contribution in [1.29, 1.82) is 5.26 Å². The van der Waals surface area contributed by atoms with Crippen LogP contribution in [0.1, 0.15) is 49.5 Å². The summed E-state index contributed by atoms with van der Waals surface area (Å²) in [4.78, 5) is 34.5. The van der Waals surface area contributed by atoms with E-state index in [2.05, 4.69) is 27.5 Å². The van der Waals surface area contributed by atoms with Gasteiger partial charge in [0.1, 0.15) is 17.5 Å². The summed E-state index contributed by atoms with van der Waals surface area (Å²) in [7, 11) is 0. The highest BCUT2D eigenvalue weighted by Crippen LogP contribution is 2.20. The van der Waals surface area contributed by atoms with E-state index in [0.29, 0.717) is 34.7 Å². The van der Waals surface area contributed by atoms with Crippen LogP contribution in [0, 0.1) is 25.2 Å². The van der Waals surface area contributed by atoms with Crippen molar-refractivity contribution >= 4 is 34.5 Å². The molecule has 0 aliphatic rings. The Bertz CT molecular complexity index is 1310. The molecule has 1 N–H and O–H groups in total. The van der Waals surface area contributed by atoms with Crippen molar-refractivity contribution in [3.05, 3.63) is 68.0 Å². The second-order valence-electron chi connectivity index (χ2n) is 8.05. The normalized spacial score (nSPS) is 11.6. The first-order valence-electron chi connectivity index (χ1n) is 11.0. The van der Waals surface area contributed by atoms with Crippen LogP contribution in [-0.2, 0) is 17.9 Å². The van der Waals surface area contributed by atoms with Gasteiger partial charge in [-0.25, -0.2) is 4.98 Å². The number of carbonyl (C=O) groups is 1. The summed E-state index contributed by atoms with van der Waals surface area (Å²) in [6.07, 6.45) is 3.34. The Kier molecular flexibility index (Phi) is 7.72. The van der Waals surface area contributed by atoms with Gasteiger partial charge in [-0.3, -0.25) is 9.59 Å². The van der Waals surface area contributed by atoms with E-state index < -0.39 is 5.91 Å². The van der Waals surface area contributed by atoms with Crippen LogP contribution in [0.3, 0.4) is 0 Å². The van der Waals surface area contributed by atoms with Crippen LogP contribution in [0.5, 0.6) is 0 Å². The number of nitrogens with zero attached hydrogens (tertiary/aromatic N) is 4. The molecule has 3 aromatic rings. The van der Waals surface area contributed by atoms with Crippen LogP contribution in [0.2, 0.25) is 5.02 Å². The molecule has 0 bridgehead atoms. The molecule has 1 aromatic carbocycles. The fourth-order valence-electron chi connectivity index (χ4n) is 3.95. The zero-order valence-corrected chi connectivity index (χ0v) is 20.2. The number of aromatic nitrogens is 3. The first kappa shape index (κ1) is 24.3. The summed E-state index contributed by atoms with van der Waals surface area (Å²) in [6, 6.07) is 8.93. The maximum absolute atomic E-state index is 13.3. The SMILES string of the molecule is CCCN(Cc1nc2cc(Cl)ccc2c(=O)[nH]1)C(=O)/C(C#N)=C/c1cc(C)n(CCC)c1C. The number of aromatic amines is 1. The lowest BCUT2D eigenvalue weighted by Gasteiger charge is -2.21. The van der Waals surface area contributed by atoms with E-state index in [1.165, 1.54) is 4.90 Å². The zero-order valence-electron chi connectivity index (χ0n) is 19.4. The summed E-state index contributed by atoms with van der Waals surface area (Å²) in [5, 5.41) is 10.7. The number of hydrogen-bond acceptors (Lipinski definition) is 4. The Morgan fingerprint density at radius 3 is 2.70 bits per heavy atom.